The third kappa shape index (κ3) is 4.81. The number of hydrogen-bond acceptors (Lipinski definition) is 5. The molecule has 0 aliphatic rings. The first-order valence-corrected chi connectivity index (χ1v) is 7.82. The summed E-state index contributed by atoms with van der Waals surface area (Å²) in [7, 11) is 5.39. The molecule has 0 saturated carbocycles. The zero-order valence-corrected chi connectivity index (χ0v) is 14.4. The zero-order valence-electron chi connectivity index (χ0n) is 12.0. The van der Waals surface area contributed by atoms with Crippen molar-refractivity contribution in [2.45, 2.75) is 31.7 Å². The Morgan fingerprint density at radius 2 is 2.11 bits per heavy atom. The molecule has 0 saturated heterocycles. The van der Waals surface area contributed by atoms with Crippen molar-refractivity contribution in [2.24, 2.45) is 5.73 Å². The number of nitrogens with zero attached hydrogens (tertiary/aromatic N) is 1. The van der Waals surface area contributed by atoms with Gasteiger partial charge in [0.05, 0.1) is 3.79 Å². The van der Waals surface area contributed by atoms with Crippen LogP contribution in [0.25, 0.3) is 0 Å². The highest BCUT2D eigenvalue weighted by atomic mass is 79.9. The van der Waals surface area contributed by atoms with Gasteiger partial charge >= 0.3 is 0 Å². The van der Waals surface area contributed by atoms with Gasteiger partial charge < -0.3 is 15.2 Å². The average Bonchev–Trinajstić information content (AvgIpc) is 2.81. The minimum atomic E-state index is -0.231. The van der Waals surface area contributed by atoms with Gasteiger partial charge in [-0.3, -0.25) is 4.90 Å². The highest BCUT2D eigenvalue weighted by Gasteiger charge is 2.31. The molecule has 0 spiro atoms. The molecule has 0 amide bonds. The SMILES string of the molecule is COC(CC(C)(CN)N(C)Cc1csc(Br)c1)OC. The summed E-state index contributed by atoms with van der Waals surface area (Å²) < 4.78 is 11.7. The summed E-state index contributed by atoms with van der Waals surface area (Å²) >= 11 is 5.18. The Bertz CT molecular complexity index is 384. The average molecular weight is 351 g/mol. The largest absolute Gasteiger partial charge is 0.356 e. The molecule has 0 aliphatic heterocycles. The van der Waals surface area contributed by atoms with Crippen LogP contribution in [0.1, 0.15) is 18.9 Å². The number of likely N-dealkylation sites (N-methyl/N-ethyl adjacent to an activating group) is 1. The third-order valence-corrected chi connectivity index (χ3v) is 5.09. The Balaban J connectivity index is 2.70. The topological polar surface area (TPSA) is 47.7 Å². The predicted octanol–water partition coefficient (Wildman–Crippen LogP) is 2.67. The molecule has 4 nitrogen and oxygen atoms in total. The van der Waals surface area contributed by atoms with E-state index in [2.05, 4.69) is 46.2 Å². The number of rotatable bonds is 8. The van der Waals surface area contributed by atoms with Crippen molar-refractivity contribution in [3.63, 3.8) is 0 Å². The van der Waals surface area contributed by atoms with E-state index in [1.54, 1.807) is 25.6 Å². The summed E-state index contributed by atoms with van der Waals surface area (Å²) in [4.78, 5) is 2.26. The van der Waals surface area contributed by atoms with Crippen LogP contribution >= 0.6 is 27.3 Å². The second-order valence-electron chi connectivity index (χ2n) is 4.92. The van der Waals surface area contributed by atoms with Crippen LogP contribution in [0.5, 0.6) is 0 Å². The van der Waals surface area contributed by atoms with Crippen molar-refractivity contribution in [1.29, 1.82) is 0 Å². The molecular weight excluding hydrogens is 328 g/mol. The number of thiophene rings is 1. The lowest BCUT2D eigenvalue weighted by Crippen LogP contribution is -2.51. The predicted molar refractivity (Wildman–Crippen MR) is 83.4 cm³/mol. The van der Waals surface area contributed by atoms with Gasteiger partial charge in [-0.1, -0.05) is 0 Å². The summed E-state index contributed by atoms with van der Waals surface area (Å²) in [6.45, 7) is 3.55. The lowest BCUT2D eigenvalue weighted by Gasteiger charge is -2.39. The van der Waals surface area contributed by atoms with E-state index in [0.29, 0.717) is 6.54 Å². The fourth-order valence-electron chi connectivity index (χ4n) is 1.91. The molecule has 0 aromatic carbocycles. The molecule has 0 radical (unpaired) electrons. The van der Waals surface area contributed by atoms with E-state index < -0.39 is 0 Å². The van der Waals surface area contributed by atoms with Crippen molar-refractivity contribution >= 4 is 27.3 Å². The van der Waals surface area contributed by atoms with Crippen LogP contribution in [-0.2, 0) is 16.0 Å². The maximum Gasteiger partial charge on any atom is 0.158 e. The second kappa shape index (κ2) is 7.71. The van der Waals surface area contributed by atoms with Crippen LogP contribution < -0.4 is 5.73 Å². The van der Waals surface area contributed by atoms with Crippen molar-refractivity contribution in [3.8, 4) is 0 Å². The zero-order chi connectivity index (χ0) is 14.5. The molecule has 2 N–H and O–H groups in total. The molecular formula is C13H23BrN2O2S. The van der Waals surface area contributed by atoms with Gasteiger partial charge in [0.1, 0.15) is 0 Å². The second-order valence-corrected chi connectivity index (χ2v) is 7.21. The van der Waals surface area contributed by atoms with E-state index in [9.17, 15) is 0 Å². The molecule has 0 aliphatic carbocycles. The highest BCUT2D eigenvalue weighted by Crippen LogP contribution is 2.26. The first-order chi connectivity index (χ1) is 8.95. The van der Waals surface area contributed by atoms with Gasteiger partial charge in [-0.25, -0.2) is 0 Å². The Morgan fingerprint density at radius 1 is 1.47 bits per heavy atom. The Morgan fingerprint density at radius 3 is 2.53 bits per heavy atom. The van der Waals surface area contributed by atoms with Gasteiger partial charge in [-0.05, 0) is 46.9 Å². The molecule has 1 aromatic rings. The fraction of sp³-hybridized carbons (Fsp3) is 0.692. The van der Waals surface area contributed by atoms with Crippen LogP contribution in [0.2, 0.25) is 0 Å². The maximum absolute atomic E-state index is 5.97. The minimum Gasteiger partial charge on any atom is -0.356 e. The van der Waals surface area contributed by atoms with Crippen LogP contribution in [0.15, 0.2) is 15.2 Å². The first-order valence-electron chi connectivity index (χ1n) is 6.15. The number of nitrogens with two attached hydrogens (primary N) is 1. The summed E-state index contributed by atoms with van der Waals surface area (Å²) in [5.74, 6) is 0. The minimum absolute atomic E-state index is 0.162. The van der Waals surface area contributed by atoms with E-state index >= 15 is 0 Å². The molecule has 110 valence electrons. The smallest absolute Gasteiger partial charge is 0.158 e. The standard InChI is InChI=1S/C13H23BrN2O2S/c1-13(9-15,6-12(17-3)18-4)16(2)7-10-5-11(14)19-8-10/h5,8,12H,6-7,9,15H2,1-4H3. The fourth-order valence-corrected chi connectivity index (χ4v) is 3.11. The Labute approximate surface area is 128 Å². The van der Waals surface area contributed by atoms with Gasteiger partial charge in [0.15, 0.2) is 6.29 Å². The van der Waals surface area contributed by atoms with E-state index in [1.165, 1.54) is 5.56 Å². The van der Waals surface area contributed by atoms with Crippen molar-refractivity contribution in [3.05, 3.63) is 20.8 Å². The Kier molecular flexibility index (Phi) is 6.93. The van der Waals surface area contributed by atoms with Gasteiger partial charge in [0, 0.05) is 39.3 Å². The van der Waals surface area contributed by atoms with Gasteiger partial charge in [0.2, 0.25) is 0 Å². The van der Waals surface area contributed by atoms with E-state index in [-0.39, 0.29) is 11.8 Å². The van der Waals surface area contributed by atoms with Crippen molar-refractivity contribution in [2.75, 3.05) is 27.8 Å². The van der Waals surface area contributed by atoms with Crippen LogP contribution in [0.3, 0.4) is 0 Å². The molecule has 1 atom stereocenters. The molecule has 0 fully saturated rings. The lowest BCUT2D eigenvalue weighted by molar-refractivity contribution is -0.127. The lowest BCUT2D eigenvalue weighted by atomic mass is 9.95. The highest BCUT2D eigenvalue weighted by molar-refractivity contribution is 9.11. The van der Waals surface area contributed by atoms with Gasteiger partial charge in [-0.15, -0.1) is 11.3 Å². The van der Waals surface area contributed by atoms with Crippen LogP contribution in [0, 0.1) is 0 Å². The van der Waals surface area contributed by atoms with Crippen molar-refractivity contribution in [1.82, 2.24) is 4.90 Å². The molecule has 1 aromatic heterocycles. The number of halogens is 1. The number of methoxy groups -OCH3 is 2. The molecule has 1 heterocycles. The van der Waals surface area contributed by atoms with Gasteiger partial charge in [0.25, 0.3) is 0 Å². The first kappa shape index (κ1) is 17.1. The molecule has 19 heavy (non-hydrogen) atoms. The summed E-state index contributed by atoms with van der Waals surface area (Å²) in [5.41, 5.74) is 7.09. The third-order valence-electron chi connectivity index (χ3n) is 3.54. The summed E-state index contributed by atoms with van der Waals surface area (Å²) in [6, 6.07) is 2.14. The van der Waals surface area contributed by atoms with Crippen molar-refractivity contribution < 1.29 is 9.47 Å². The van der Waals surface area contributed by atoms with E-state index in [1.807, 2.05) is 0 Å². The summed E-state index contributed by atoms with van der Waals surface area (Å²) in [6.07, 6.45) is 0.503. The molecule has 0 bridgehead atoms. The van der Waals surface area contributed by atoms with E-state index in [4.69, 9.17) is 15.2 Å². The number of hydrogen-bond donors (Lipinski definition) is 1. The van der Waals surface area contributed by atoms with Crippen LogP contribution in [0.4, 0.5) is 0 Å². The van der Waals surface area contributed by atoms with Gasteiger partial charge in [-0.2, -0.15) is 0 Å². The Hall–Kier alpha value is 0.0200. The molecule has 1 rings (SSSR count). The van der Waals surface area contributed by atoms with E-state index in [0.717, 1.165) is 16.8 Å². The number of ether oxygens (including phenoxy) is 2. The summed E-state index contributed by atoms with van der Waals surface area (Å²) in [5, 5.41) is 2.15. The molecule has 1 unspecified atom stereocenters. The normalized spacial score (nSPS) is 15.2. The molecule has 6 heteroatoms. The van der Waals surface area contributed by atoms with Crippen LogP contribution in [-0.4, -0.2) is 44.5 Å². The maximum atomic E-state index is 5.97. The quantitative estimate of drug-likeness (QED) is 0.732. The monoisotopic (exact) mass is 350 g/mol.